The van der Waals surface area contributed by atoms with Crippen LogP contribution in [0.2, 0.25) is 5.02 Å². The molecule has 11 nitrogen and oxygen atoms in total. The number of fused-ring (bicyclic) bond motifs is 2. The van der Waals surface area contributed by atoms with Crippen molar-refractivity contribution in [3.05, 3.63) is 82.6 Å². The minimum Gasteiger partial charge on any atom is -0.493 e. The maximum Gasteiger partial charge on any atom is 0.371 e. The summed E-state index contributed by atoms with van der Waals surface area (Å²) in [5.41, 5.74) is 1.68. The van der Waals surface area contributed by atoms with Gasteiger partial charge in [-0.3, -0.25) is 9.59 Å². The number of halogens is 1. The van der Waals surface area contributed by atoms with Gasteiger partial charge in [-0.15, -0.1) is 0 Å². The summed E-state index contributed by atoms with van der Waals surface area (Å²) in [6, 6.07) is 16.5. The van der Waals surface area contributed by atoms with Gasteiger partial charge in [0.25, 0.3) is 5.91 Å². The van der Waals surface area contributed by atoms with E-state index < -0.39 is 35.4 Å². The van der Waals surface area contributed by atoms with Gasteiger partial charge in [0.15, 0.2) is 11.5 Å². The maximum atomic E-state index is 14.3. The van der Waals surface area contributed by atoms with Gasteiger partial charge >= 0.3 is 5.97 Å². The highest BCUT2D eigenvalue weighted by atomic mass is 35.5. The van der Waals surface area contributed by atoms with Gasteiger partial charge in [-0.05, 0) is 48.5 Å². The summed E-state index contributed by atoms with van der Waals surface area (Å²) >= 11 is 6.47. The summed E-state index contributed by atoms with van der Waals surface area (Å²) in [7, 11) is 3.01. The van der Waals surface area contributed by atoms with Gasteiger partial charge < -0.3 is 39.1 Å². The van der Waals surface area contributed by atoms with Gasteiger partial charge in [0.2, 0.25) is 11.7 Å². The van der Waals surface area contributed by atoms with Gasteiger partial charge in [-0.2, -0.15) is 0 Å². The Morgan fingerprint density at radius 2 is 1.82 bits per heavy atom. The molecule has 0 aliphatic carbocycles. The lowest BCUT2D eigenvalue weighted by Crippen LogP contribution is -2.46. The Labute approximate surface area is 264 Å². The highest BCUT2D eigenvalue weighted by Gasteiger charge is 2.40. The van der Waals surface area contributed by atoms with Crippen LogP contribution in [0.15, 0.2) is 65.1 Å². The zero-order valence-corrected chi connectivity index (χ0v) is 25.9. The van der Waals surface area contributed by atoms with E-state index in [0.29, 0.717) is 50.0 Å². The number of amides is 2. The largest absolute Gasteiger partial charge is 0.493 e. The van der Waals surface area contributed by atoms with Gasteiger partial charge in [-0.1, -0.05) is 37.6 Å². The van der Waals surface area contributed by atoms with Crippen LogP contribution >= 0.6 is 11.6 Å². The van der Waals surface area contributed by atoms with Crippen molar-refractivity contribution >= 4 is 51.7 Å². The molecule has 0 bridgehead atoms. The predicted octanol–water partition coefficient (Wildman–Crippen LogP) is 5.67. The number of hydrogen-bond acceptors (Lipinski definition) is 8. The second-order valence-corrected chi connectivity index (χ2v) is 11.9. The van der Waals surface area contributed by atoms with Gasteiger partial charge in [0.1, 0.15) is 17.8 Å². The van der Waals surface area contributed by atoms with E-state index in [-0.39, 0.29) is 25.3 Å². The molecule has 5 rings (SSSR count). The topological polar surface area (TPSA) is 148 Å². The van der Waals surface area contributed by atoms with Crippen molar-refractivity contribution in [1.29, 1.82) is 0 Å². The number of aromatic carboxylic acids is 1. The average Bonchev–Trinajstić information content (AvgIpc) is 3.41. The number of nitrogens with one attached hydrogen (secondary N) is 1. The standard InChI is InChI=1S/C33H33ClN2O9/c1-33(2,17-37)16-36-23-10-8-19(34)14-22(23)29(21-6-5-7-25(42-3)30(21)43-4)45-26(31(36)39)15-28(38)35-20-9-11-24-18(12-20)13-27(44-24)32(40)41/h5-14,26,29,37H,15-17H2,1-4H3,(H,35,38)(H,40,41)/t26-,29-/m1/s1. The molecule has 2 heterocycles. The molecule has 0 saturated heterocycles. The Morgan fingerprint density at radius 1 is 1.04 bits per heavy atom. The fraction of sp³-hybridized carbons (Fsp3) is 0.303. The van der Waals surface area contributed by atoms with E-state index in [1.165, 1.54) is 25.2 Å². The summed E-state index contributed by atoms with van der Waals surface area (Å²) in [6.07, 6.45) is -2.52. The predicted molar refractivity (Wildman–Crippen MR) is 167 cm³/mol. The van der Waals surface area contributed by atoms with Gasteiger partial charge in [-0.25, -0.2) is 4.79 Å². The molecule has 12 heteroatoms. The highest BCUT2D eigenvalue weighted by Crippen LogP contribution is 2.45. The van der Waals surface area contributed by atoms with E-state index in [1.54, 1.807) is 54.6 Å². The first kappa shape index (κ1) is 31.8. The number of hydrogen-bond donors (Lipinski definition) is 3. The van der Waals surface area contributed by atoms with Crippen LogP contribution in [0, 0.1) is 5.41 Å². The molecule has 2 amide bonds. The van der Waals surface area contributed by atoms with Crippen molar-refractivity contribution in [3.8, 4) is 11.5 Å². The molecule has 236 valence electrons. The van der Waals surface area contributed by atoms with Crippen molar-refractivity contribution < 1.29 is 43.2 Å². The Morgan fingerprint density at radius 3 is 2.51 bits per heavy atom. The Kier molecular flexibility index (Phi) is 9.06. The number of benzene rings is 3. The second-order valence-electron chi connectivity index (χ2n) is 11.5. The fourth-order valence-corrected chi connectivity index (χ4v) is 5.49. The highest BCUT2D eigenvalue weighted by molar-refractivity contribution is 6.30. The number of carboxylic acid groups (broad SMARTS) is 1. The number of nitrogens with zero attached hydrogens (tertiary/aromatic N) is 1. The quantitative estimate of drug-likeness (QED) is 0.200. The molecule has 0 unspecified atom stereocenters. The van der Waals surface area contributed by atoms with Crippen LogP contribution in [-0.4, -0.2) is 61.5 Å². The van der Waals surface area contributed by atoms with Crippen LogP contribution in [0.1, 0.15) is 48.1 Å². The van der Waals surface area contributed by atoms with Crippen LogP contribution in [0.25, 0.3) is 11.0 Å². The van der Waals surface area contributed by atoms with E-state index in [4.69, 9.17) is 30.2 Å². The summed E-state index contributed by atoms with van der Waals surface area (Å²) in [6.45, 7) is 3.59. The number of carbonyl (C=O) groups is 3. The fourth-order valence-electron chi connectivity index (χ4n) is 5.31. The number of carboxylic acids is 1. The smallest absolute Gasteiger partial charge is 0.371 e. The molecule has 3 aromatic carbocycles. The van der Waals surface area contributed by atoms with Crippen molar-refractivity contribution in [3.63, 3.8) is 0 Å². The lowest BCUT2D eigenvalue weighted by molar-refractivity contribution is -0.136. The number of rotatable bonds is 10. The molecule has 0 spiro atoms. The third-order valence-corrected chi connectivity index (χ3v) is 7.75. The lowest BCUT2D eigenvalue weighted by atomic mass is 9.92. The molecule has 2 atom stereocenters. The molecule has 3 N–H and O–H groups in total. The van der Waals surface area contributed by atoms with E-state index >= 15 is 0 Å². The molecular weight excluding hydrogens is 604 g/mol. The Hall–Kier alpha value is -4.58. The molecule has 45 heavy (non-hydrogen) atoms. The van der Waals surface area contributed by atoms with Crippen LogP contribution < -0.4 is 19.7 Å². The number of carbonyl (C=O) groups excluding carboxylic acids is 2. The van der Waals surface area contributed by atoms with Crippen LogP contribution in [0.5, 0.6) is 11.5 Å². The summed E-state index contributed by atoms with van der Waals surface area (Å²) in [5.74, 6) is -1.59. The molecule has 1 aliphatic rings. The van der Waals surface area contributed by atoms with Gasteiger partial charge in [0.05, 0.1) is 20.6 Å². The lowest BCUT2D eigenvalue weighted by Gasteiger charge is -2.32. The number of aliphatic hydroxyl groups excluding tert-OH is 1. The summed E-state index contributed by atoms with van der Waals surface area (Å²) in [4.78, 5) is 40.5. The molecule has 0 saturated carbocycles. The normalized spacial score (nSPS) is 16.7. The zero-order chi connectivity index (χ0) is 32.5. The molecule has 1 aromatic heterocycles. The van der Waals surface area contributed by atoms with Gasteiger partial charge in [0, 0.05) is 51.5 Å². The first-order valence-corrected chi connectivity index (χ1v) is 14.5. The summed E-state index contributed by atoms with van der Waals surface area (Å²) < 4.78 is 23.1. The number of methoxy groups -OCH3 is 2. The maximum absolute atomic E-state index is 14.3. The van der Waals surface area contributed by atoms with Crippen molar-refractivity contribution in [2.75, 3.05) is 37.6 Å². The molecule has 4 aromatic rings. The molecule has 0 fully saturated rings. The number of anilines is 2. The van der Waals surface area contributed by atoms with E-state index in [2.05, 4.69) is 5.32 Å². The number of aliphatic hydroxyl groups is 1. The van der Waals surface area contributed by atoms with E-state index in [1.807, 2.05) is 13.8 Å². The van der Waals surface area contributed by atoms with Crippen LogP contribution in [0.4, 0.5) is 11.4 Å². The van der Waals surface area contributed by atoms with Crippen molar-refractivity contribution in [2.45, 2.75) is 32.5 Å². The third kappa shape index (κ3) is 6.60. The SMILES string of the molecule is COc1cccc([C@H]2O[C@H](CC(=O)Nc3ccc4oc(C(=O)O)cc4c3)C(=O)N(CC(C)(C)CO)c3ccc(Cl)cc32)c1OC. The third-order valence-electron chi connectivity index (χ3n) is 7.52. The Balaban J connectivity index is 1.54. The average molecular weight is 637 g/mol. The number of para-hydroxylation sites is 1. The van der Waals surface area contributed by atoms with Crippen molar-refractivity contribution in [2.24, 2.45) is 5.41 Å². The van der Waals surface area contributed by atoms with Crippen LogP contribution in [-0.2, 0) is 14.3 Å². The summed E-state index contributed by atoms with van der Waals surface area (Å²) in [5, 5.41) is 23.0. The molecule has 1 aliphatic heterocycles. The first-order chi connectivity index (χ1) is 21.4. The molecule has 0 radical (unpaired) electrons. The van der Waals surface area contributed by atoms with E-state index in [9.17, 15) is 24.6 Å². The first-order valence-electron chi connectivity index (χ1n) is 14.1. The molecular formula is C33H33ClN2O9. The minimum absolute atomic E-state index is 0.128. The number of furan rings is 1. The Bertz CT molecular complexity index is 1770. The monoisotopic (exact) mass is 636 g/mol. The van der Waals surface area contributed by atoms with Crippen LogP contribution in [0.3, 0.4) is 0 Å². The van der Waals surface area contributed by atoms with Crippen molar-refractivity contribution in [1.82, 2.24) is 0 Å². The second kappa shape index (κ2) is 12.8. The van der Waals surface area contributed by atoms with E-state index in [0.717, 1.165) is 0 Å². The number of ether oxygens (including phenoxy) is 3. The minimum atomic E-state index is -1.26. The zero-order valence-electron chi connectivity index (χ0n) is 25.1.